The predicted molar refractivity (Wildman–Crippen MR) is 155 cm³/mol. The maximum atomic E-state index is 12.8. The van der Waals surface area contributed by atoms with E-state index in [-0.39, 0.29) is 6.61 Å². The molecule has 0 aliphatic heterocycles. The summed E-state index contributed by atoms with van der Waals surface area (Å²) < 4.78 is 38.5. The molecule has 0 bridgehead atoms. The molecule has 1 aliphatic rings. The molecule has 0 spiro atoms. The number of hydrogen-bond acceptors (Lipinski definition) is 3. The number of benzene rings is 3. The first kappa shape index (κ1) is 28.8. The number of aryl methyl sites for hydroxylation is 1. The van der Waals surface area contributed by atoms with Crippen molar-refractivity contribution in [2.75, 3.05) is 6.54 Å². The average molecular weight is 553 g/mol. The van der Waals surface area contributed by atoms with E-state index in [9.17, 15) is 13.2 Å². The van der Waals surface area contributed by atoms with Gasteiger partial charge in [0.1, 0.15) is 6.61 Å². The van der Waals surface area contributed by atoms with Crippen LogP contribution < -0.4 is 5.32 Å². The molecule has 1 fully saturated rings. The summed E-state index contributed by atoms with van der Waals surface area (Å²) in [7, 11) is 0. The quantitative estimate of drug-likeness (QED) is 0.148. The first-order chi connectivity index (χ1) is 18.9. The summed E-state index contributed by atoms with van der Waals surface area (Å²) in [5.41, 5.74) is 3.92. The Hall–Kier alpha value is -3.19. The molecule has 0 atom stereocenters. The van der Waals surface area contributed by atoms with Crippen LogP contribution in [0.1, 0.15) is 66.3 Å². The molecule has 1 saturated carbocycles. The Bertz CT molecular complexity index is 1200. The zero-order valence-electron chi connectivity index (χ0n) is 22.1. The Kier molecular flexibility index (Phi) is 10.5. The normalized spacial score (nSPS) is 14.7. The van der Waals surface area contributed by atoms with E-state index in [0.717, 1.165) is 59.3 Å². The number of alkyl halides is 3. The smallest absolute Gasteiger partial charge is 0.391 e. The maximum Gasteiger partial charge on any atom is 0.416 e. The third-order valence-corrected chi connectivity index (χ3v) is 7.49. The van der Waals surface area contributed by atoms with Crippen molar-refractivity contribution in [2.24, 2.45) is 11.1 Å². The summed E-state index contributed by atoms with van der Waals surface area (Å²) in [6.07, 6.45) is 4.54. The van der Waals surface area contributed by atoms with Crippen LogP contribution in [-0.2, 0) is 30.5 Å². The third kappa shape index (κ3) is 9.50. The summed E-state index contributed by atoms with van der Waals surface area (Å²) in [6.45, 7) is 1.07. The summed E-state index contributed by atoms with van der Waals surface area (Å²) in [6, 6.07) is 23.2. The lowest BCUT2D eigenvalue weighted by atomic mass is 9.89. The SMILES string of the molecule is FC(F)(F)c1ccc(CON=C(Cc2ccccc2)c2ccc(CCC(=S)NCC3CCCCC3)cc2)cc1. The van der Waals surface area contributed by atoms with Crippen molar-refractivity contribution < 1.29 is 18.0 Å². The zero-order valence-corrected chi connectivity index (χ0v) is 22.9. The van der Waals surface area contributed by atoms with Crippen LogP contribution in [0.5, 0.6) is 0 Å². The van der Waals surface area contributed by atoms with Gasteiger partial charge in [0.05, 0.1) is 16.3 Å². The molecule has 3 aromatic carbocycles. The van der Waals surface area contributed by atoms with Crippen molar-refractivity contribution in [1.82, 2.24) is 5.32 Å². The molecule has 0 saturated heterocycles. The molecule has 0 heterocycles. The molecule has 1 N–H and O–H groups in total. The number of halogens is 3. The van der Waals surface area contributed by atoms with Crippen LogP contribution in [0.3, 0.4) is 0 Å². The highest BCUT2D eigenvalue weighted by molar-refractivity contribution is 7.80. The highest BCUT2D eigenvalue weighted by atomic mass is 32.1. The van der Waals surface area contributed by atoms with E-state index in [2.05, 4.69) is 22.6 Å². The second-order valence-electron chi connectivity index (χ2n) is 10.2. The molecule has 206 valence electrons. The third-order valence-electron chi connectivity index (χ3n) is 7.14. The van der Waals surface area contributed by atoms with Gasteiger partial charge in [0.15, 0.2) is 0 Å². The molecule has 3 nitrogen and oxygen atoms in total. The van der Waals surface area contributed by atoms with Crippen LogP contribution in [0, 0.1) is 5.92 Å². The Labute approximate surface area is 234 Å². The van der Waals surface area contributed by atoms with Crippen LogP contribution in [0.15, 0.2) is 84.0 Å². The second-order valence-corrected chi connectivity index (χ2v) is 10.7. The fourth-order valence-corrected chi connectivity index (χ4v) is 5.00. The molecule has 0 unspecified atom stereocenters. The summed E-state index contributed by atoms with van der Waals surface area (Å²) in [5.74, 6) is 0.750. The average Bonchev–Trinajstić information content (AvgIpc) is 2.96. The van der Waals surface area contributed by atoms with Gasteiger partial charge in [-0.2, -0.15) is 13.2 Å². The lowest BCUT2D eigenvalue weighted by molar-refractivity contribution is -0.137. The molecular weight excluding hydrogens is 517 g/mol. The van der Waals surface area contributed by atoms with Gasteiger partial charge in [-0.15, -0.1) is 0 Å². The van der Waals surface area contributed by atoms with E-state index in [0.29, 0.717) is 12.0 Å². The van der Waals surface area contributed by atoms with E-state index < -0.39 is 11.7 Å². The van der Waals surface area contributed by atoms with Gasteiger partial charge in [-0.25, -0.2) is 0 Å². The van der Waals surface area contributed by atoms with Gasteiger partial charge in [0, 0.05) is 19.4 Å². The first-order valence-electron chi connectivity index (χ1n) is 13.6. The fourth-order valence-electron chi connectivity index (χ4n) is 4.81. The topological polar surface area (TPSA) is 33.6 Å². The van der Waals surface area contributed by atoms with Crippen LogP contribution >= 0.6 is 12.2 Å². The minimum atomic E-state index is -4.36. The minimum absolute atomic E-state index is 0.0831. The second kappa shape index (κ2) is 14.3. The largest absolute Gasteiger partial charge is 0.416 e. The molecule has 4 rings (SSSR count). The van der Waals surface area contributed by atoms with E-state index >= 15 is 0 Å². The van der Waals surface area contributed by atoms with Gasteiger partial charge in [-0.05, 0) is 59.6 Å². The number of nitrogens with zero attached hydrogens (tertiary/aromatic N) is 1. The van der Waals surface area contributed by atoms with Gasteiger partial charge in [-0.1, -0.05) is 103 Å². The molecule has 7 heteroatoms. The van der Waals surface area contributed by atoms with Crippen molar-refractivity contribution in [3.8, 4) is 0 Å². The van der Waals surface area contributed by atoms with Crippen molar-refractivity contribution in [1.29, 1.82) is 0 Å². The molecule has 3 aromatic rings. The van der Waals surface area contributed by atoms with Crippen LogP contribution in [0.2, 0.25) is 0 Å². The van der Waals surface area contributed by atoms with Crippen molar-refractivity contribution >= 4 is 22.9 Å². The Morgan fingerprint density at radius 3 is 2.18 bits per heavy atom. The zero-order chi connectivity index (χ0) is 27.5. The summed E-state index contributed by atoms with van der Waals surface area (Å²) in [5, 5.41) is 7.86. The number of oxime groups is 1. The molecule has 0 radical (unpaired) electrons. The van der Waals surface area contributed by atoms with Crippen LogP contribution in [0.4, 0.5) is 13.2 Å². The van der Waals surface area contributed by atoms with Crippen molar-refractivity contribution in [3.63, 3.8) is 0 Å². The molecule has 39 heavy (non-hydrogen) atoms. The van der Waals surface area contributed by atoms with Crippen LogP contribution in [-0.4, -0.2) is 17.2 Å². The van der Waals surface area contributed by atoms with Gasteiger partial charge in [0.2, 0.25) is 0 Å². The van der Waals surface area contributed by atoms with Crippen molar-refractivity contribution in [2.45, 2.75) is 64.1 Å². The monoisotopic (exact) mass is 552 g/mol. The lowest BCUT2D eigenvalue weighted by Gasteiger charge is -2.22. The summed E-state index contributed by atoms with van der Waals surface area (Å²) in [4.78, 5) is 6.53. The number of nitrogens with one attached hydrogen (secondary N) is 1. The van der Waals surface area contributed by atoms with E-state index in [1.807, 2.05) is 42.5 Å². The lowest BCUT2D eigenvalue weighted by Crippen LogP contribution is -2.29. The van der Waals surface area contributed by atoms with E-state index in [4.69, 9.17) is 17.1 Å². The Morgan fingerprint density at radius 1 is 0.846 bits per heavy atom. The van der Waals surface area contributed by atoms with Gasteiger partial charge < -0.3 is 10.2 Å². The van der Waals surface area contributed by atoms with Crippen molar-refractivity contribution in [3.05, 3.63) is 107 Å². The fraction of sp³-hybridized carbons (Fsp3) is 0.375. The molecular formula is C32H35F3N2OS. The first-order valence-corrected chi connectivity index (χ1v) is 14.0. The summed E-state index contributed by atoms with van der Waals surface area (Å²) >= 11 is 5.57. The van der Waals surface area contributed by atoms with E-state index in [1.165, 1.54) is 49.8 Å². The Balaban J connectivity index is 1.35. The van der Waals surface area contributed by atoms with Crippen LogP contribution in [0.25, 0.3) is 0 Å². The minimum Gasteiger partial charge on any atom is -0.391 e. The number of thiocarbonyl (C=S) groups is 1. The highest BCUT2D eigenvalue weighted by Crippen LogP contribution is 2.29. The van der Waals surface area contributed by atoms with Gasteiger partial charge in [0.25, 0.3) is 0 Å². The van der Waals surface area contributed by atoms with Gasteiger partial charge in [-0.3, -0.25) is 0 Å². The molecule has 1 aliphatic carbocycles. The molecule has 0 aromatic heterocycles. The standard InChI is InChI=1S/C32H35F3N2OS/c33-32(34,35)29-18-13-27(14-19-29)23-38-37-30(21-25-7-3-1-4-8-25)28-16-11-24(12-17-28)15-20-31(39)36-22-26-9-5-2-6-10-26/h1,3-4,7-8,11-14,16-19,26H,2,5-6,9-10,15,20-23H2,(H,36,39). The number of rotatable bonds is 11. The maximum absolute atomic E-state index is 12.8. The molecule has 0 amide bonds. The van der Waals surface area contributed by atoms with Gasteiger partial charge >= 0.3 is 6.18 Å². The number of hydrogen-bond donors (Lipinski definition) is 1. The predicted octanol–water partition coefficient (Wildman–Crippen LogP) is 8.30. The highest BCUT2D eigenvalue weighted by Gasteiger charge is 2.29. The van der Waals surface area contributed by atoms with E-state index in [1.54, 1.807) is 0 Å². The Morgan fingerprint density at radius 2 is 1.51 bits per heavy atom.